The van der Waals surface area contributed by atoms with E-state index >= 15 is 0 Å². The Morgan fingerprint density at radius 2 is 2.25 bits per heavy atom. The third kappa shape index (κ3) is 4.94. The Morgan fingerprint density at radius 1 is 1.50 bits per heavy atom. The van der Waals surface area contributed by atoms with Crippen molar-refractivity contribution < 1.29 is 14.6 Å². The van der Waals surface area contributed by atoms with E-state index in [-0.39, 0.29) is 12.5 Å². The zero-order chi connectivity index (χ0) is 15.0. The van der Waals surface area contributed by atoms with Gasteiger partial charge < -0.3 is 15.2 Å². The van der Waals surface area contributed by atoms with Crippen molar-refractivity contribution in [1.82, 2.24) is 15.1 Å². The summed E-state index contributed by atoms with van der Waals surface area (Å²) in [4.78, 5) is 12.1. The highest BCUT2D eigenvalue weighted by Crippen LogP contribution is 2.14. The van der Waals surface area contributed by atoms with E-state index in [0.29, 0.717) is 37.9 Å². The Bertz CT molecular complexity index is 416. The lowest BCUT2D eigenvalue weighted by Crippen LogP contribution is -2.27. The molecule has 1 aromatic heterocycles. The van der Waals surface area contributed by atoms with E-state index in [9.17, 15) is 4.79 Å². The normalized spacial score (nSPS) is 11.1. The van der Waals surface area contributed by atoms with Crippen molar-refractivity contribution in [3.63, 3.8) is 0 Å². The van der Waals surface area contributed by atoms with E-state index in [1.165, 1.54) is 0 Å². The van der Waals surface area contributed by atoms with Crippen molar-refractivity contribution in [3.8, 4) is 0 Å². The molecule has 0 fully saturated rings. The minimum atomic E-state index is -0.103. The molecule has 0 saturated carbocycles. The third-order valence-electron chi connectivity index (χ3n) is 2.91. The van der Waals surface area contributed by atoms with Gasteiger partial charge in [0.25, 0.3) is 5.91 Å². The van der Waals surface area contributed by atoms with Crippen LogP contribution >= 0.6 is 0 Å². The SMILES string of the molecule is CCn1nc(C(C)C)cc1C(=O)NCCCOCCO. The van der Waals surface area contributed by atoms with Gasteiger partial charge in [-0.15, -0.1) is 0 Å². The Balaban J connectivity index is 2.46. The van der Waals surface area contributed by atoms with Gasteiger partial charge in [-0.2, -0.15) is 5.10 Å². The molecule has 2 N–H and O–H groups in total. The van der Waals surface area contributed by atoms with Gasteiger partial charge in [0.15, 0.2) is 0 Å². The molecule has 1 rings (SSSR count). The number of ether oxygens (including phenoxy) is 1. The summed E-state index contributed by atoms with van der Waals surface area (Å²) in [5.74, 6) is 0.203. The van der Waals surface area contributed by atoms with Crippen LogP contribution in [-0.4, -0.2) is 47.2 Å². The van der Waals surface area contributed by atoms with Gasteiger partial charge in [-0.1, -0.05) is 13.8 Å². The molecule has 0 unspecified atom stereocenters. The van der Waals surface area contributed by atoms with E-state index in [1.807, 2.05) is 13.0 Å². The van der Waals surface area contributed by atoms with E-state index in [0.717, 1.165) is 12.1 Å². The van der Waals surface area contributed by atoms with Crippen LogP contribution in [0.25, 0.3) is 0 Å². The zero-order valence-corrected chi connectivity index (χ0v) is 12.6. The Morgan fingerprint density at radius 3 is 2.85 bits per heavy atom. The predicted octanol–water partition coefficient (Wildman–Crippen LogP) is 1.16. The number of aliphatic hydroxyl groups is 1. The number of amides is 1. The largest absolute Gasteiger partial charge is 0.394 e. The van der Waals surface area contributed by atoms with E-state index in [2.05, 4.69) is 24.3 Å². The summed E-state index contributed by atoms with van der Waals surface area (Å²) in [5.41, 5.74) is 1.54. The molecule has 6 nitrogen and oxygen atoms in total. The number of rotatable bonds is 9. The smallest absolute Gasteiger partial charge is 0.269 e. The Kier molecular flexibility index (Phi) is 7.25. The number of aliphatic hydroxyl groups excluding tert-OH is 1. The highest BCUT2D eigenvalue weighted by molar-refractivity contribution is 5.92. The van der Waals surface area contributed by atoms with Gasteiger partial charge >= 0.3 is 0 Å². The second kappa shape index (κ2) is 8.71. The van der Waals surface area contributed by atoms with Crippen LogP contribution in [0.3, 0.4) is 0 Å². The minimum Gasteiger partial charge on any atom is -0.394 e. The highest BCUT2D eigenvalue weighted by Gasteiger charge is 2.15. The van der Waals surface area contributed by atoms with Crippen LogP contribution in [0.15, 0.2) is 6.07 Å². The minimum absolute atomic E-state index is 0.0278. The quantitative estimate of drug-likeness (QED) is 0.667. The van der Waals surface area contributed by atoms with Crippen molar-refractivity contribution in [1.29, 1.82) is 0 Å². The van der Waals surface area contributed by atoms with Crippen LogP contribution in [0, 0.1) is 0 Å². The summed E-state index contributed by atoms with van der Waals surface area (Å²) in [5, 5.41) is 15.8. The topological polar surface area (TPSA) is 76.4 Å². The number of hydrogen-bond donors (Lipinski definition) is 2. The lowest BCUT2D eigenvalue weighted by Gasteiger charge is -2.06. The molecule has 6 heteroatoms. The number of aryl methyl sites for hydroxylation is 1. The van der Waals surface area contributed by atoms with Crippen molar-refractivity contribution in [2.75, 3.05) is 26.4 Å². The van der Waals surface area contributed by atoms with Gasteiger partial charge in [0.05, 0.1) is 18.9 Å². The fraction of sp³-hybridized carbons (Fsp3) is 0.714. The Hall–Kier alpha value is -1.40. The van der Waals surface area contributed by atoms with Crippen molar-refractivity contribution in [2.45, 2.75) is 39.7 Å². The monoisotopic (exact) mass is 283 g/mol. The zero-order valence-electron chi connectivity index (χ0n) is 12.6. The molecule has 0 aliphatic carbocycles. The lowest BCUT2D eigenvalue weighted by molar-refractivity contribution is 0.0863. The number of carbonyl (C=O) groups excluding carboxylic acids is 1. The second-order valence-corrected chi connectivity index (χ2v) is 4.87. The fourth-order valence-corrected chi connectivity index (χ4v) is 1.78. The number of hydrogen-bond acceptors (Lipinski definition) is 4. The predicted molar refractivity (Wildman–Crippen MR) is 76.8 cm³/mol. The molecule has 1 heterocycles. The average molecular weight is 283 g/mol. The van der Waals surface area contributed by atoms with Gasteiger partial charge in [-0.05, 0) is 25.3 Å². The van der Waals surface area contributed by atoms with Crippen LogP contribution in [0.1, 0.15) is 49.3 Å². The summed E-state index contributed by atoms with van der Waals surface area (Å²) in [6.45, 7) is 8.21. The lowest BCUT2D eigenvalue weighted by atomic mass is 10.1. The second-order valence-electron chi connectivity index (χ2n) is 4.87. The maximum absolute atomic E-state index is 12.1. The first-order valence-electron chi connectivity index (χ1n) is 7.14. The molecule has 114 valence electrons. The summed E-state index contributed by atoms with van der Waals surface area (Å²) in [7, 11) is 0. The maximum Gasteiger partial charge on any atom is 0.269 e. The van der Waals surface area contributed by atoms with Crippen molar-refractivity contribution in [2.24, 2.45) is 0 Å². The molecule has 0 bridgehead atoms. The molecule has 0 saturated heterocycles. The van der Waals surface area contributed by atoms with Crippen LogP contribution in [-0.2, 0) is 11.3 Å². The molecule has 0 spiro atoms. The third-order valence-corrected chi connectivity index (χ3v) is 2.91. The number of nitrogens with one attached hydrogen (secondary N) is 1. The molecule has 20 heavy (non-hydrogen) atoms. The Labute approximate surface area is 120 Å². The summed E-state index contributed by atoms with van der Waals surface area (Å²) in [6, 6.07) is 1.85. The van der Waals surface area contributed by atoms with Gasteiger partial charge in [0.2, 0.25) is 0 Å². The summed E-state index contributed by atoms with van der Waals surface area (Å²) >= 11 is 0. The molecule has 0 aliphatic heterocycles. The molecular weight excluding hydrogens is 258 g/mol. The maximum atomic E-state index is 12.1. The molecule has 0 aliphatic rings. The number of aromatic nitrogens is 2. The van der Waals surface area contributed by atoms with Gasteiger partial charge in [-0.25, -0.2) is 0 Å². The summed E-state index contributed by atoms with van der Waals surface area (Å²) < 4.78 is 6.86. The molecule has 0 atom stereocenters. The molecular formula is C14H25N3O3. The van der Waals surface area contributed by atoms with Gasteiger partial charge in [0.1, 0.15) is 5.69 Å². The van der Waals surface area contributed by atoms with Crippen LogP contribution in [0.4, 0.5) is 0 Å². The first kappa shape index (κ1) is 16.7. The van der Waals surface area contributed by atoms with Crippen LogP contribution in [0.5, 0.6) is 0 Å². The number of nitrogens with zero attached hydrogens (tertiary/aromatic N) is 2. The fourth-order valence-electron chi connectivity index (χ4n) is 1.78. The molecule has 0 radical (unpaired) electrons. The first-order valence-corrected chi connectivity index (χ1v) is 7.14. The van der Waals surface area contributed by atoms with E-state index < -0.39 is 0 Å². The van der Waals surface area contributed by atoms with E-state index in [1.54, 1.807) is 4.68 Å². The van der Waals surface area contributed by atoms with Gasteiger partial charge in [-0.3, -0.25) is 9.48 Å². The van der Waals surface area contributed by atoms with Crippen molar-refractivity contribution in [3.05, 3.63) is 17.5 Å². The molecule has 1 aromatic rings. The van der Waals surface area contributed by atoms with Crippen LogP contribution in [0.2, 0.25) is 0 Å². The molecule has 1 amide bonds. The highest BCUT2D eigenvalue weighted by atomic mass is 16.5. The van der Waals surface area contributed by atoms with Crippen molar-refractivity contribution >= 4 is 5.91 Å². The molecule has 0 aromatic carbocycles. The van der Waals surface area contributed by atoms with Crippen LogP contribution < -0.4 is 5.32 Å². The summed E-state index contributed by atoms with van der Waals surface area (Å²) in [6.07, 6.45) is 0.725. The first-order chi connectivity index (χ1) is 9.60. The average Bonchev–Trinajstić information content (AvgIpc) is 2.87. The van der Waals surface area contributed by atoms with E-state index in [4.69, 9.17) is 9.84 Å². The standard InChI is InChI=1S/C14H25N3O3/c1-4-17-13(10-12(16-17)11(2)3)14(19)15-6-5-8-20-9-7-18/h10-11,18H,4-9H2,1-3H3,(H,15,19). The number of carbonyl (C=O) groups is 1. The van der Waals surface area contributed by atoms with Gasteiger partial charge in [0, 0.05) is 19.7 Å².